The Labute approximate surface area is 112 Å². The predicted octanol–water partition coefficient (Wildman–Crippen LogP) is 0.139. The summed E-state index contributed by atoms with van der Waals surface area (Å²) in [5, 5.41) is 0. The van der Waals surface area contributed by atoms with E-state index < -0.39 is 5.91 Å². The number of carbonyl (C=O) groups excluding carboxylic acids is 1. The van der Waals surface area contributed by atoms with Crippen LogP contribution in [0.5, 0.6) is 0 Å². The number of hydrogen-bond donors (Lipinski definition) is 2. The quantitative estimate of drug-likeness (QED) is 0.789. The molecule has 3 atom stereocenters. The zero-order valence-corrected chi connectivity index (χ0v) is 10.8. The first kappa shape index (κ1) is 12.3. The van der Waals surface area contributed by atoms with Crippen molar-refractivity contribution in [3.63, 3.8) is 0 Å². The third-order valence-corrected chi connectivity index (χ3v) is 4.37. The minimum atomic E-state index is -0.526. The topological polar surface area (TPSA) is 98.1 Å². The average Bonchev–Trinajstić information content (AvgIpc) is 2.84. The molecular weight excluding hydrogens is 242 g/mol. The molecule has 102 valence electrons. The van der Waals surface area contributed by atoms with Gasteiger partial charge in [0.25, 0.3) is 5.91 Å². The number of fused-ring (bicyclic) bond motifs is 1. The number of rotatable bonds is 2. The van der Waals surface area contributed by atoms with E-state index >= 15 is 0 Å². The maximum absolute atomic E-state index is 11.4. The smallest absolute Gasteiger partial charge is 0.271 e. The summed E-state index contributed by atoms with van der Waals surface area (Å²) >= 11 is 0. The van der Waals surface area contributed by atoms with Crippen LogP contribution in [0.4, 0.5) is 5.82 Å². The highest BCUT2D eigenvalue weighted by Gasteiger charge is 2.40. The molecule has 3 unspecified atom stereocenters. The molecule has 1 aromatic rings. The van der Waals surface area contributed by atoms with Gasteiger partial charge in [-0.1, -0.05) is 6.42 Å². The van der Waals surface area contributed by atoms with E-state index in [1.807, 2.05) is 0 Å². The maximum atomic E-state index is 11.4. The van der Waals surface area contributed by atoms with Crippen LogP contribution in [0.15, 0.2) is 12.4 Å². The second-order valence-corrected chi connectivity index (χ2v) is 5.52. The third kappa shape index (κ3) is 2.16. The second-order valence-electron chi connectivity index (χ2n) is 5.52. The van der Waals surface area contributed by atoms with E-state index in [4.69, 9.17) is 11.5 Å². The van der Waals surface area contributed by atoms with Gasteiger partial charge in [0, 0.05) is 31.5 Å². The van der Waals surface area contributed by atoms with Gasteiger partial charge in [0.05, 0.1) is 0 Å². The summed E-state index contributed by atoms with van der Waals surface area (Å²) in [6.07, 6.45) is 6.60. The maximum Gasteiger partial charge on any atom is 0.271 e. The lowest BCUT2D eigenvalue weighted by atomic mass is 9.78. The summed E-state index contributed by atoms with van der Waals surface area (Å²) < 4.78 is 0. The van der Waals surface area contributed by atoms with Gasteiger partial charge in [0.15, 0.2) is 11.5 Å². The van der Waals surface area contributed by atoms with Crippen molar-refractivity contribution >= 4 is 11.7 Å². The molecule has 2 aliphatic rings. The molecule has 1 saturated heterocycles. The van der Waals surface area contributed by atoms with Crippen molar-refractivity contribution in [1.82, 2.24) is 9.97 Å². The molecule has 1 saturated carbocycles. The zero-order chi connectivity index (χ0) is 13.4. The number of nitrogens with zero attached hydrogens (tertiary/aromatic N) is 3. The third-order valence-electron chi connectivity index (χ3n) is 4.37. The van der Waals surface area contributed by atoms with Crippen LogP contribution in [-0.4, -0.2) is 35.0 Å². The van der Waals surface area contributed by atoms with Crippen LogP contribution < -0.4 is 16.4 Å². The number of nitrogens with two attached hydrogens (primary N) is 2. The molecule has 1 aromatic heterocycles. The Balaban J connectivity index is 1.86. The van der Waals surface area contributed by atoms with Crippen molar-refractivity contribution in [2.75, 3.05) is 18.0 Å². The molecular formula is C13H19N5O. The molecule has 2 heterocycles. The van der Waals surface area contributed by atoms with E-state index in [-0.39, 0.29) is 11.7 Å². The Morgan fingerprint density at radius 2 is 2.05 bits per heavy atom. The van der Waals surface area contributed by atoms with Gasteiger partial charge in [0.2, 0.25) is 0 Å². The largest absolute Gasteiger partial charge is 0.364 e. The van der Waals surface area contributed by atoms with Gasteiger partial charge in [-0.3, -0.25) is 4.79 Å². The summed E-state index contributed by atoms with van der Waals surface area (Å²) in [6, 6.07) is 0.262. The minimum absolute atomic E-state index is 0.259. The van der Waals surface area contributed by atoms with E-state index in [9.17, 15) is 4.79 Å². The monoisotopic (exact) mass is 261 g/mol. The Morgan fingerprint density at radius 1 is 1.26 bits per heavy atom. The first-order chi connectivity index (χ1) is 9.16. The summed E-state index contributed by atoms with van der Waals surface area (Å²) in [7, 11) is 0. The number of primary amides is 1. The van der Waals surface area contributed by atoms with Crippen molar-refractivity contribution in [1.29, 1.82) is 0 Å². The molecule has 0 radical (unpaired) electrons. The van der Waals surface area contributed by atoms with Crippen molar-refractivity contribution in [3.05, 3.63) is 18.1 Å². The van der Waals surface area contributed by atoms with Gasteiger partial charge < -0.3 is 16.4 Å². The van der Waals surface area contributed by atoms with Crippen molar-refractivity contribution in [2.24, 2.45) is 23.3 Å². The highest BCUT2D eigenvalue weighted by atomic mass is 16.1. The number of carbonyl (C=O) groups is 1. The Hall–Kier alpha value is -1.69. The molecule has 6 nitrogen and oxygen atoms in total. The molecule has 4 N–H and O–H groups in total. The molecule has 0 spiro atoms. The highest BCUT2D eigenvalue weighted by molar-refractivity contribution is 5.95. The fraction of sp³-hybridized carbons (Fsp3) is 0.615. The average molecular weight is 261 g/mol. The van der Waals surface area contributed by atoms with Gasteiger partial charge in [-0.15, -0.1) is 0 Å². The highest BCUT2D eigenvalue weighted by Crippen LogP contribution is 2.37. The fourth-order valence-electron chi connectivity index (χ4n) is 3.43. The summed E-state index contributed by atoms with van der Waals surface area (Å²) in [6.45, 7) is 1.75. The van der Waals surface area contributed by atoms with Crippen LogP contribution >= 0.6 is 0 Å². The molecule has 1 aliphatic heterocycles. The number of amides is 1. The van der Waals surface area contributed by atoms with E-state index in [0.29, 0.717) is 17.7 Å². The van der Waals surface area contributed by atoms with Crippen LogP contribution in [0.3, 0.4) is 0 Å². The zero-order valence-electron chi connectivity index (χ0n) is 10.8. The molecule has 19 heavy (non-hydrogen) atoms. The first-order valence-corrected chi connectivity index (χ1v) is 6.78. The first-order valence-electron chi connectivity index (χ1n) is 6.78. The molecule has 2 fully saturated rings. The Morgan fingerprint density at radius 3 is 2.79 bits per heavy atom. The van der Waals surface area contributed by atoms with E-state index in [1.165, 1.54) is 19.0 Å². The van der Waals surface area contributed by atoms with Crippen LogP contribution in [0.2, 0.25) is 0 Å². The van der Waals surface area contributed by atoms with Crippen LogP contribution in [0.1, 0.15) is 29.8 Å². The lowest BCUT2D eigenvalue weighted by molar-refractivity contribution is 0.0995. The Bertz CT molecular complexity index is 492. The fourth-order valence-corrected chi connectivity index (χ4v) is 3.43. The number of anilines is 1. The molecule has 1 amide bonds. The SMILES string of the molecule is NC(=O)c1nccnc1N1CC2CCCC(N)C2C1. The van der Waals surface area contributed by atoms with E-state index in [2.05, 4.69) is 14.9 Å². The molecule has 1 aliphatic carbocycles. The van der Waals surface area contributed by atoms with Crippen molar-refractivity contribution in [2.45, 2.75) is 25.3 Å². The van der Waals surface area contributed by atoms with Crippen LogP contribution in [0, 0.1) is 11.8 Å². The normalized spacial score (nSPS) is 30.2. The standard InChI is InChI=1S/C13H19N5O/c14-10-3-1-2-8-6-18(7-9(8)10)13-11(12(15)19)16-4-5-17-13/h4-5,8-10H,1-3,6-7,14H2,(H2,15,19). The Kier molecular flexibility index (Phi) is 3.10. The van der Waals surface area contributed by atoms with Crippen molar-refractivity contribution < 1.29 is 4.79 Å². The number of hydrogen-bond acceptors (Lipinski definition) is 5. The molecule has 6 heteroatoms. The van der Waals surface area contributed by atoms with E-state index in [1.54, 1.807) is 6.20 Å². The van der Waals surface area contributed by atoms with Gasteiger partial charge >= 0.3 is 0 Å². The second kappa shape index (κ2) is 4.77. The van der Waals surface area contributed by atoms with Gasteiger partial charge in [-0.25, -0.2) is 9.97 Å². The van der Waals surface area contributed by atoms with E-state index in [0.717, 1.165) is 19.5 Å². The van der Waals surface area contributed by atoms with Crippen LogP contribution in [0.25, 0.3) is 0 Å². The lowest BCUT2D eigenvalue weighted by Gasteiger charge is -2.29. The minimum Gasteiger partial charge on any atom is -0.364 e. The van der Waals surface area contributed by atoms with Crippen molar-refractivity contribution in [3.8, 4) is 0 Å². The molecule has 0 bridgehead atoms. The summed E-state index contributed by atoms with van der Waals surface area (Å²) in [5.41, 5.74) is 11.8. The van der Waals surface area contributed by atoms with Gasteiger partial charge in [-0.05, 0) is 24.7 Å². The number of aromatic nitrogens is 2. The molecule has 3 rings (SSSR count). The summed E-state index contributed by atoms with van der Waals surface area (Å²) in [4.78, 5) is 21.9. The van der Waals surface area contributed by atoms with Gasteiger partial charge in [0.1, 0.15) is 0 Å². The van der Waals surface area contributed by atoms with Gasteiger partial charge in [-0.2, -0.15) is 0 Å². The lowest BCUT2D eigenvalue weighted by Crippen LogP contribution is -2.38. The summed E-state index contributed by atoms with van der Waals surface area (Å²) in [5.74, 6) is 1.18. The molecule has 0 aromatic carbocycles. The van der Waals surface area contributed by atoms with Crippen LogP contribution in [-0.2, 0) is 0 Å². The predicted molar refractivity (Wildman–Crippen MR) is 71.6 cm³/mol.